The Morgan fingerprint density at radius 2 is 1.74 bits per heavy atom. The number of nitrogens with two attached hydrogens (primary N) is 1. The SMILES string of the molecule is CC(C)(C)c1nc(-c2ccc(F)c(NC(=O)Nc3ccc(Cl)cc3F)c2)c(-c2ccnc(N)n2)[nH]1. The average molecular weight is 498 g/mol. The van der Waals surface area contributed by atoms with E-state index in [-0.39, 0.29) is 27.8 Å². The van der Waals surface area contributed by atoms with E-state index in [0.717, 1.165) is 6.07 Å². The largest absolute Gasteiger partial charge is 0.368 e. The molecule has 11 heteroatoms. The molecule has 0 aliphatic carbocycles. The number of hydrogen-bond acceptors (Lipinski definition) is 5. The molecule has 0 radical (unpaired) electrons. The molecule has 2 amide bonds. The van der Waals surface area contributed by atoms with Gasteiger partial charge in [-0.3, -0.25) is 0 Å². The van der Waals surface area contributed by atoms with Crippen LogP contribution in [0.25, 0.3) is 22.6 Å². The van der Waals surface area contributed by atoms with Crippen LogP contribution in [0.15, 0.2) is 48.7 Å². The maximum absolute atomic E-state index is 14.6. The summed E-state index contributed by atoms with van der Waals surface area (Å²) in [5.41, 5.74) is 7.28. The smallest absolute Gasteiger partial charge is 0.323 e. The number of imidazole rings is 1. The van der Waals surface area contributed by atoms with Crippen LogP contribution in [0.1, 0.15) is 26.6 Å². The van der Waals surface area contributed by atoms with E-state index in [1.54, 1.807) is 6.07 Å². The molecule has 0 aliphatic heterocycles. The second-order valence-corrected chi connectivity index (χ2v) is 9.19. The number of carbonyl (C=O) groups is 1. The Hall–Kier alpha value is -4.05. The molecule has 180 valence electrons. The van der Waals surface area contributed by atoms with Crippen molar-refractivity contribution in [3.8, 4) is 22.6 Å². The van der Waals surface area contributed by atoms with Gasteiger partial charge in [0.05, 0.1) is 28.5 Å². The number of carbonyl (C=O) groups excluding carboxylic acids is 1. The third-order valence-corrected chi connectivity index (χ3v) is 5.25. The third kappa shape index (κ3) is 5.38. The lowest BCUT2D eigenvalue weighted by Gasteiger charge is -2.14. The van der Waals surface area contributed by atoms with Gasteiger partial charge < -0.3 is 21.4 Å². The number of rotatable bonds is 4. The molecule has 0 fully saturated rings. The van der Waals surface area contributed by atoms with E-state index in [1.807, 2.05) is 20.8 Å². The number of urea groups is 1. The van der Waals surface area contributed by atoms with Crippen molar-refractivity contribution in [3.05, 3.63) is 71.1 Å². The summed E-state index contributed by atoms with van der Waals surface area (Å²) in [6, 6.07) is 8.81. The predicted molar refractivity (Wildman–Crippen MR) is 132 cm³/mol. The molecule has 2 heterocycles. The molecule has 0 spiro atoms. The minimum atomic E-state index is -0.830. The predicted octanol–water partition coefficient (Wildman–Crippen LogP) is 5.99. The van der Waals surface area contributed by atoms with Crippen molar-refractivity contribution in [2.75, 3.05) is 16.4 Å². The van der Waals surface area contributed by atoms with Gasteiger partial charge in [0.1, 0.15) is 17.5 Å². The number of nitrogens with one attached hydrogen (secondary N) is 3. The van der Waals surface area contributed by atoms with Crippen molar-refractivity contribution in [2.45, 2.75) is 26.2 Å². The van der Waals surface area contributed by atoms with Crippen LogP contribution in [-0.2, 0) is 5.41 Å². The second kappa shape index (κ2) is 9.30. The normalized spacial score (nSPS) is 11.4. The number of aromatic nitrogens is 4. The Kier molecular flexibility index (Phi) is 6.40. The highest BCUT2D eigenvalue weighted by molar-refractivity contribution is 6.30. The Bertz CT molecular complexity index is 1420. The highest BCUT2D eigenvalue weighted by Gasteiger charge is 2.24. The highest BCUT2D eigenvalue weighted by atomic mass is 35.5. The van der Waals surface area contributed by atoms with Crippen molar-refractivity contribution >= 4 is 35.0 Å². The molecule has 4 aromatic rings. The summed E-state index contributed by atoms with van der Waals surface area (Å²) in [6.07, 6.45) is 1.52. The first kappa shape index (κ1) is 24.1. The zero-order valence-electron chi connectivity index (χ0n) is 19.1. The zero-order chi connectivity index (χ0) is 25.3. The van der Waals surface area contributed by atoms with E-state index in [9.17, 15) is 13.6 Å². The summed E-state index contributed by atoms with van der Waals surface area (Å²) in [5.74, 6) is -0.635. The average Bonchev–Trinajstić information content (AvgIpc) is 3.23. The van der Waals surface area contributed by atoms with Gasteiger partial charge in [0.15, 0.2) is 0 Å². The minimum absolute atomic E-state index is 0.0907. The zero-order valence-corrected chi connectivity index (χ0v) is 19.8. The molecule has 0 saturated carbocycles. The van der Waals surface area contributed by atoms with E-state index in [0.29, 0.717) is 28.5 Å². The number of benzene rings is 2. The maximum atomic E-state index is 14.6. The fraction of sp³-hybridized carbons (Fsp3) is 0.167. The van der Waals surface area contributed by atoms with Crippen LogP contribution in [0.3, 0.4) is 0 Å². The van der Waals surface area contributed by atoms with Gasteiger partial charge >= 0.3 is 6.03 Å². The lowest BCUT2D eigenvalue weighted by atomic mass is 9.96. The fourth-order valence-corrected chi connectivity index (χ4v) is 3.43. The van der Waals surface area contributed by atoms with E-state index in [2.05, 4.69) is 25.6 Å². The van der Waals surface area contributed by atoms with E-state index in [1.165, 1.54) is 36.5 Å². The molecule has 8 nitrogen and oxygen atoms in total. The van der Waals surface area contributed by atoms with E-state index in [4.69, 9.17) is 22.3 Å². The van der Waals surface area contributed by atoms with Gasteiger partial charge in [0.25, 0.3) is 0 Å². The van der Waals surface area contributed by atoms with Crippen LogP contribution in [0.2, 0.25) is 5.02 Å². The number of halogens is 3. The van der Waals surface area contributed by atoms with Crippen molar-refractivity contribution < 1.29 is 13.6 Å². The lowest BCUT2D eigenvalue weighted by Crippen LogP contribution is -2.20. The summed E-state index contributed by atoms with van der Waals surface area (Å²) in [6.45, 7) is 5.98. The van der Waals surface area contributed by atoms with Crippen molar-refractivity contribution in [1.82, 2.24) is 19.9 Å². The highest BCUT2D eigenvalue weighted by Crippen LogP contribution is 2.34. The molecule has 0 aliphatic rings. The van der Waals surface area contributed by atoms with E-state index < -0.39 is 17.7 Å². The Morgan fingerprint density at radius 3 is 2.43 bits per heavy atom. The number of H-pyrrole nitrogens is 1. The number of amides is 2. The molecule has 0 bridgehead atoms. The molecular weight excluding hydrogens is 476 g/mol. The topological polar surface area (TPSA) is 122 Å². The number of nitrogens with zero attached hydrogens (tertiary/aromatic N) is 3. The van der Waals surface area contributed by atoms with Crippen LogP contribution in [0.4, 0.5) is 30.9 Å². The summed E-state index contributed by atoms with van der Waals surface area (Å²) in [4.78, 5) is 28.6. The summed E-state index contributed by atoms with van der Waals surface area (Å²) >= 11 is 5.73. The van der Waals surface area contributed by atoms with E-state index >= 15 is 0 Å². The summed E-state index contributed by atoms with van der Waals surface area (Å²) in [7, 11) is 0. The number of anilines is 3. The summed E-state index contributed by atoms with van der Waals surface area (Å²) in [5, 5.41) is 4.93. The molecule has 5 N–H and O–H groups in total. The minimum Gasteiger partial charge on any atom is -0.368 e. The van der Waals surface area contributed by atoms with Crippen LogP contribution in [0.5, 0.6) is 0 Å². The standard InChI is InChI=1S/C24H22ClF2N7O/c1-24(2,3)21-33-19(20(34-21)17-8-9-29-22(28)30-17)12-4-6-14(26)18(10-12)32-23(35)31-16-7-5-13(25)11-15(16)27/h4-11H,1-3H3,(H,33,34)(H2,28,29,30)(H2,31,32,35). The molecule has 35 heavy (non-hydrogen) atoms. The quantitative estimate of drug-likeness (QED) is 0.276. The third-order valence-electron chi connectivity index (χ3n) is 5.01. The molecule has 0 saturated heterocycles. The second-order valence-electron chi connectivity index (χ2n) is 8.76. The van der Waals surface area contributed by atoms with Gasteiger partial charge in [-0.1, -0.05) is 32.4 Å². The Balaban J connectivity index is 1.70. The van der Waals surface area contributed by atoms with Crippen molar-refractivity contribution in [3.63, 3.8) is 0 Å². The first-order chi connectivity index (χ1) is 16.5. The molecular formula is C24H22ClF2N7O. The monoisotopic (exact) mass is 497 g/mol. The van der Waals surface area contributed by atoms with Gasteiger partial charge in [0.2, 0.25) is 5.95 Å². The van der Waals surface area contributed by atoms with Gasteiger partial charge in [0, 0.05) is 22.2 Å². The van der Waals surface area contributed by atoms with Crippen molar-refractivity contribution in [2.24, 2.45) is 0 Å². The molecule has 2 aromatic carbocycles. The van der Waals surface area contributed by atoms with Gasteiger partial charge in [-0.2, -0.15) is 0 Å². The first-order valence-electron chi connectivity index (χ1n) is 10.5. The molecule has 2 aromatic heterocycles. The lowest BCUT2D eigenvalue weighted by molar-refractivity contribution is 0.262. The van der Waals surface area contributed by atoms with Crippen molar-refractivity contribution in [1.29, 1.82) is 0 Å². The van der Waals surface area contributed by atoms with Crippen LogP contribution in [-0.4, -0.2) is 26.0 Å². The van der Waals surface area contributed by atoms with Crippen LogP contribution >= 0.6 is 11.6 Å². The first-order valence-corrected chi connectivity index (χ1v) is 10.9. The maximum Gasteiger partial charge on any atom is 0.323 e. The van der Waals surface area contributed by atoms with Crippen LogP contribution < -0.4 is 16.4 Å². The molecule has 0 unspecified atom stereocenters. The van der Waals surface area contributed by atoms with Gasteiger partial charge in [-0.05, 0) is 42.5 Å². The summed E-state index contributed by atoms with van der Waals surface area (Å²) < 4.78 is 28.6. The van der Waals surface area contributed by atoms with Crippen LogP contribution in [0, 0.1) is 11.6 Å². The number of nitrogen functional groups attached to an aromatic ring is 1. The Morgan fingerprint density at radius 1 is 1.00 bits per heavy atom. The van der Waals surface area contributed by atoms with Gasteiger partial charge in [-0.15, -0.1) is 0 Å². The Labute approximate surface area is 205 Å². The molecule has 4 rings (SSSR count). The van der Waals surface area contributed by atoms with Gasteiger partial charge in [-0.25, -0.2) is 28.5 Å². The number of aromatic amines is 1. The molecule has 0 atom stereocenters. The number of hydrogen-bond donors (Lipinski definition) is 4. The fourth-order valence-electron chi connectivity index (χ4n) is 3.27.